The van der Waals surface area contributed by atoms with Crippen LogP contribution in [0.15, 0.2) is 16.9 Å². The largest absolute Gasteiger partial charge is 0.382 e. The highest BCUT2D eigenvalue weighted by molar-refractivity contribution is 5.91. The summed E-state index contributed by atoms with van der Waals surface area (Å²) in [6.07, 6.45) is 2.61. The van der Waals surface area contributed by atoms with Gasteiger partial charge in [0.15, 0.2) is 5.82 Å². The molecule has 3 N–H and O–H groups in total. The van der Waals surface area contributed by atoms with Crippen LogP contribution < -0.4 is 11.1 Å². The third-order valence-electron chi connectivity index (χ3n) is 1.87. The molecular formula is C9H10N6O2. The molecule has 0 fully saturated rings. The van der Waals surface area contributed by atoms with Gasteiger partial charge in [0.1, 0.15) is 11.5 Å². The number of anilines is 1. The Balaban J connectivity index is 1.95. The van der Waals surface area contributed by atoms with Gasteiger partial charge in [-0.3, -0.25) is 4.79 Å². The minimum atomic E-state index is -0.381. The number of nitrogens with two attached hydrogens (primary N) is 1. The van der Waals surface area contributed by atoms with Crippen LogP contribution in [-0.4, -0.2) is 26.0 Å². The molecule has 2 aromatic rings. The number of rotatable bonds is 3. The van der Waals surface area contributed by atoms with Gasteiger partial charge in [0.05, 0.1) is 18.9 Å². The summed E-state index contributed by atoms with van der Waals surface area (Å²) >= 11 is 0. The zero-order valence-electron chi connectivity index (χ0n) is 9.04. The van der Waals surface area contributed by atoms with Crippen molar-refractivity contribution in [2.24, 2.45) is 0 Å². The molecule has 0 bridgehead atoms. The number of carbonyl (C=O) groups excluding carboxylic acids is 1. The van der Waals surface area contributed by atoms with E-state index in [-0.39, 0.29) is 24.0 Å². The summed E-state index contributed by atoms with van der Waals surface area (Å²) < 4.78 is 4.84. The lowest BCUT2D eigenvalue weighted by molar-refractivity contribution is 0.0941. The second kappa shape index (κ2) is 4.56. The number of hydrogen-bond donors (Lipinski definition) is 2. The Bertz CT molecular complexity index is 521. The minimum absolute atomic E-state index is 0.145. The molecule has 8 heteroatoms. The molecular weight excluding hydrogens is 224 g/mol. The average molecular weight is 234 g/mol. The predicted octanol–water partition coefficient (Wildman–Crippen LogP) is -0.320. The van der Waals surface area contributed by atoms with Crippen LogP contribution in [0.4, 0.5) is 5.82 Å². The van der Waals surface area contributed by atoms with E-state index in [0.717, 1.165) is 0 Å². The van der Waals surface area contributed by atoms with E-state index in [4.69, 9.17) is 10.3 Å². The lowest BCUT2D eigenvalue weighted by Crippen LogP contribution is -2.24. The molecule has 2 aromatic heterocycles. The molecule has 8 nitrogen and oxygen atoms in total. The summed E-state index contributed by atoms with van der Waals surface area (Å²) in [5.74, 6) is 0.725. The van der Waals surface area contributed by atoms with Gasteiger partial charge < -0.3 is 15.6 Å². The highest BCUT2D eigenvalue weighted by atomic mass is 16.5. The molecule has 0 unspecified atom stereocenters. The van der Waals surface area contributed by atoms with Gasteiger partial charge in [-0.25, -0.2) is 9.97 Å². The van der Waals surface area contributed by atoms with E-state index < -0.39 is 0 Å². The molecule has 0 aliphatic carbocycles. The van der Waals surface area contributed by atoms with Crippen LogP contribution in [0.5, 0.6) is 0 Å². The number of nitrogens with one attached hydrogen (secondary N) is 1. The van der Waals surface area contributed by atoms with Gasteiger partial charge in [-0.1, -0.05) is 5.16 Å². The fourth-order valence-corrected chi connectivity index (χ4v) is 1.11. The van der Waals surface area contributed by atoms with Crippen molar-refractivity contribution < 1.29 is 9.32 Å². The van der Waals surface area contributed by atoms with Crippen LogP contribution >= 0.6 is 0 Å². The van der Waals surface area contributed by atoms with E-state index in [2.05, 4.69) is 25.4 Å². The third kappa shape index (κ3) is 2.74. The van der Waals surface area contributed by atoms with E-state index in [9.17, 15) is 4.79 Å². The first-order valence-corrected chi connectivity index (χ1v) is 4.80. The average Bonchev–Trinajstić information content (AvgIpc) is 2.73. The van der Waals surface area contributed by atoms with Gasteiger partial charge in [0.2, 0.25) is 5.89 Å². The summed E-state index contributed by atoms with van der Waals surface area (Å²) in [5.41, 5.74) is 5.53. The van der Waals surface area contributed by atoms with Crippen molar-refractivity contribution in [3.8, 4) is 0 Å². The van der Waals surface area contributed by atoms with Crippen molar-refractivity contribution in [3.63, 3.8) is 0 Å². The summed E-state index contributed by atoms with van der Waals surface area (Å²) in [7, 11) is 0. The van der Waals surface area contributed by atoms with Gasteiger partial charge in [-0.05, 0) is 6.92 Å². The molecule has 0 aliphatic heterocycles. The van der Waals surface area contributed by atoms with Crippen LogP contribution in [0.1, 0.15) is 22.2 Å². The number of nitrogen functional groups attached to an aromatic ring is 1. The van der Waals surface area contributed by atoms with E-state index in [1.807, 2.05) is 0 Å². The molecule has 0 aromatic carbocycles. The topological polar surface area (TPSA) is 120 Å². The molecule has 1 amide bonds. The lowest BCUT2D eigenvalue weighted by Gasteiger charge is -2.00. The van der Waals surface area contributed by atoms with Crippen LogP contribution in [0, 0.1) is 6.92 Å². The number of nitrogens with zero attached hydrogens (tertiary/aromatic N) is 4. The fourth-order valence-electron chi connectivity index (χ4n) is 1.11. The van der Waals surface area contributed by atoms with Crippen molar-refractivity contribution in [1.29, 1.82) is 0 Å². The maximum Gasteiger partial charge on any atom is 0.271 e. The summed E-state index contributed by atoms with van der Waals surface area (Å²) in [4.78, 5) is 23.1. The molecule has 2 heterocycles. The molecule has 0 atom stereocenters. The van der Waals surface area contributed by atoms with Crippen LogP contribution in [0.2, 0.25) is 0 Å². The highest BCUT2D eigenvalue weighted by Crippen LogP contribution is 1.98. The summed E-state index contributed by atoms with van der Waals surface area (Å²) in [5, 5.41) is 6.17. The normalized spacial score (nSPS) is 10.2. The Kier molecular flexibility index (Phi) is 2.95. The predicted molar refractivity (Wildman–Crippen MR) is 56.6 cm³/mol. The zero-order chi connectivity index (χ0) is 12.3. The van der Waals surface area contributed by atoms with Gasteiger partial charge >= 0.3 is 0 Å². The zero-order valence-corrected chi connectivity index (χ0v) is 9.04. The van der Waals surface area contributed by atoms with Gasteiger partial charge in [-0.15, -0.1) is 0 Å². The van der Waals surface area contributed by atoms with Crippen LogP contribution in [-0.2, 0) is 6.54 Å². The first-order chi connectivity index (χ1) is 8.15. The Morgan fingerprint density at radius 1 is 1.47 bits per heavy atom. The Morgan fingerprint density at radius 2 is 2.29 bits per heavy atom. The minimum Gasteiger partial charge on any atom is -0.382 e. The fraction of sp³-hybridized carbons (Fsp3) is 0.222. The second-order valence-electron chi connectivity index (χ2n) is 3.24. The molecule has 17 heavy (non-hydrogen) atoms. The lowest BCUT2D eigenvalue weighted by atomic mass is 10.4. The first-order valence-electron chi connectivity index (χ1n) is 4.80. The SMILES string of the molecule is Cc1noc(CNC(=O)c2cnc(N)cn2)n1. The summed E-state index contributed by atoms with van der Waals surface area (Å²) in [6.45, 7) is 1.84. The number of aromatic nitrogens is 4. The maximum absolute atomic E-state index is 11.6. The molecule has 2 rings (SSSR count). The highest BCUT2D eigenvalue weighted by Gasteiger charge is 2.09. The van der Waals surface area contributed by atoms with E-state index in [1.54, 1.807) is 6.92 Å². The van der Waals surface area contributed by atoms with Gasteiger partial charge in [-0.2, -0.15) is 4.98 Å². The molecule has 0 radical (unpaired) electrons. The van der Waals surface area contributed by atoms with Crippen molar-refractivity contribution in [1.82, 2.24) is 25.4 Å². The monoisotopic (exact) mass is 234 g/mol. The van der Waals surface area contributed by atoms with Crippen molar-refractivity contribution in [2.75, 3.05) is 5.73 Å². The molecule has 0 saturated carbocycles. The Hall–Kier alpha value is -2.51. The van der Waals surface area contributed by atoms with Crippen molar-refractivity contribution >= 4 is 11.7 Å². The van der Waals surface area contributed by atoms with Crippen LogP contribution in [0.25, 0.3) is 0 Å². The standard InChI is InChI=1S/C9H10N6O2/c1-5-14-8(17-15-5)4-13-9(16)6-2-12-7(10)3-11-6/h2-3H,4H2,1H3,(H2,10,12)(H,13,16). The Labute approximate surface area is 96.3 Å². The van der Waals surface area contributed by atoms with Gasteiger partial charge in [0, 0.05) is 0 Å². The van der Waals surface area contributed by atoms with Crippen molar-refractivity contribution in [2.45, 2.75) is 13.5 Å². The van der Waals surface area contributed by atoms with E-state index >= 15 is 0 Å². The molecule has 0 aliphatic rings. The smallest absolute Gasteiger partial charge is 0.271 e. The second-order valence-corrected chi connectivity index (χ2v) is 3.24. The van der Waals surface area contributed by atoms with E-state index in [0.29, 0.717) is 11.7 Å². The number of hydrogen-bond acceptors (Lipinski definition) is 7. The van der Waals surface area contributed by atoms with Crippen LogP contribution in [0.3, 0.4) is 0 Å². The number of carbonyl (C=O) groups is 1. The van der Waals surface area contributed by atoms with Crippen molar-refractivity contribution in [3.05, 3.63) is 29.8 Å². The third-order valence-corrected chi connectivity index (χ3v) is 1.87. The first kappa shape index (κ1) is 11.0. The molecule has 88 valence electrons. The maximum atomic E-state index is 11.6. The summed E-state index contributed by atoms with van der Waals surface area (Å²) in [6, 6.07) is 0. The molecule has 0 spiro atoms. The number of aryl methyl sites for hydroxylation is 1. The number of amides is 1. The van der Waals surface area contributed by atoms with E-state index in [1.165, 1.54) is 12.4 Å². The molecule has 0 saturated heterocycles. The quantitative estimate of drug-likeness (QED) is 0.746. The Morgan fingerprint density at radius 3 is 2.88 bits per heavy atom. The van der Waals surface area contributed by atoms with Gasteiger partial charge in [0.25, 0.3) is 5.91 Å².